The van der Waals surface area contributed by atoms with Crippen molar-refractivity contribution in [2.45, 2.75) is 38.7 Å². The first kappa shape index (κ1) is 21.7. The van der Waals surface area contributed by atoms with Crippen molar-refractivity contribution in [1.82, 2.24) is 5.32 Å². The summed E-state index contributed by atoms with van der Waals surface area (Å²) in [5, 5.41) is 3.31. The van der Waals surface area contributed by atoms with Crippen LogP contribution in [0.15, 0.2) is 71.1 Å². The van der Waals surface area contributed by atoms with E-state index in [0.717, 1.165) is 24.1 Å². The molecule has 0 radical (unpaired) electrons. The maximum absolute atomic E-state index is 13.4. The number of methoxy groups -OCH3 is 2. The monoisotopic (exact) mass is 433 g/mol. The number of ether oxygens (including phenoxy) is 3. The van der Waals surface area contributed by atoms with Gasteiger partial charge in [-0.05, 0) is 43.5 Å². The molecular formula is C26H27NO5. The molecule has 6 nitrogen and oxygen atoms in total. The molecule has 166 valence electrons. The van der Waals surface area contributed by atoms with Crippen LogP contribution in [-0.2, 0) is 20.9 Å². The fourth-order valence-electron chi connectivity index (χ4n) is 4.43. The second kappa shape index (κ2) is 9.30. The summed E-state index contributed by atoms with van der Waals surface area (Å²) in [5.74, 6) is 0.198. The summed E-state index contributed by atoms with van der Waals surface area (Å²) in [4.78, 5) is 26.5. The van der Waals surface area contributed by atoms with Crippen molar-refractivity contribution in [3.8, 4) is 11.5 Å². The Balaban J connectivity index is 1.79. The zero-order chi connectivity index (χ0) is 22.7. The van der Waals surface area contributed by atoms with Gasteiger partial charge >= 0.3 is 5.97 Å². The van der Waals surface area contributed by atoms with Crippen LogP contribution in [0.3, 0.4) is 0 Å². The lowest BCUT2D eigenvalue weighted by molar-refractivity contribution is -0.140. The van der Waals surface area contributed by atoms with E-state index in [1.807, 2.05) is 43.3 Å². The average Bonchev–Trinajstić information content (AvgIpc) is 2.82. The van der Waals surface area contributed by atoms with Gasteiger partial charge in [0.2, 0.25) is 0 Å². The third-order valence-electron chi connectivity index (χ3n) is 5.96. The zero-order valence-electron chi connectivity index (χ0n) is 18.6. The maximum Gasteiger partial charge on any atom is 0.337 e. The van der Waals surface area contributed by atoms with Crippen LogP contribution in [0.2, 0.25) is 0 Å². The number of dihydropyridines is 1. The number of hydrogen-bond acceptors (Lipinski definition) is 6. The predicted molar refractivity (Wildman–Crippen MR) is 120 cm³/mol. The molecule has 1 N–H and O–H groups in total. The number of hydrogen-bond donors (Lipinski definition) is 1. The number of nitrogens with one attached hydrogen (secondary N) is 1. The van der Waals surface area contributed by atoms with Gasteiger partial charge in [0.1, 0.15) is 18.1 Å². The first-order chi connectivity index (χ1) is 15.5. The van der Waals surface area contributed by atoms with E-state index in [0.29, 0.717) is 40.3 Å². The SMILES string of the molecule is COc1ccc(OC)c([C@H]2C(C(=O)OCc3ccccc3)=C(C)NC3=C2C(=O)CCC3)c1. The molecule has 0 bridgehead atoms. The van der Waals surface area contributed by atoms with Crippen molar-refractivity contribution in [3.63, 3.8) is 0 Å². The second-order valence-corrected chi connectivity index (χ2v) is 7.94. The highest BCUT2D eigenvalue weighted by Crippen LogP contribution is 2.46. The molecule has 1 heterocycles. The van der Waals surface area contributed by atoms with Crippen LogP contribution in [0.25, 0.3) is 0 Å². The Hall–Kier alpha value is -3.54. The lowest BCUT2D eigenvalue weighted by Crippen LogP contribution is -2.34. The summed E-state index contributed by atoms with van der Waals surface area (Å²) in [6.07, 6.45) is 2.00. The Morgan fingerprint density at radius 3 is 2.56 bits per heavy atom. The van der Waals surface area contributed by atoms with Crippen LogP contribution in [0.5, 0.6) is 11.5 Å². The van der Waals surface area contributed by atoms with Gasteiger partial charge < -0.3 is 19.5 Å². The van der Waals surface area contributed by atoms with E-state index >= 15 is 0 Å². The van der Waals surface area contributed by atoms with Gasteiger partial charge in [-0.1, -0.05) is 30.3 Å². The van der Waals surface area contributed by atoms with E-state index < -0.39 is 11.9 Å². The molecule has 2 aromatic carbocycles. The summed E-state index contributed by atoms with van der Waals surface area (Å²) in [6, 6.07) is 14.9. The van der Waals surface area contributed by atoms with Crippen molar-refractivity contribution in [2.75, 3.05) is 14.2 Å². The second-order valence-electron chi connectivity index (χ2n) is 7.94. The number of benzene rings is 2. The number of carbonyl (C=O) groups excluding carboxylic acids is 2. The first-order valence-corrected chi connectivity index (χ1v) is 10.7. The van der Waals surface area contributed by atoms with Crippen molar-refractivity contribution in [2.24, 2.45) is 0 Å². The Kier molecular flexibility index (Phi) is 6.30. The topological polar surface area (TPSA) is 73.9 Å². The molecule has 1 aliphatic heterocycles. The zero-order valence-corrected chi connectivity index (χ0v) is 18.6. The molecular weight excluding hydrogens is 406 g/mol. The molecule has 2 aromatic rings. The largest absolute Gasteiger partial charge is 0.497 e. The third kappa shape index (κ3) is 4.13. The maximum atomic E-state index is 13.4. The van der Waals surface area contributed by atoms with Crippen molar-refractivity contribution >= 4 is 11.8 Å². The van der Waals surface area contributed by atoms with Crippen LogP contribution in [0.1, 0.15) is 43.2 Å². The number of allylic oxidation sites excluding steroid dienone is 3. The summed E-state index contributed by atoms with van der Waals surface area (Å²) < 4.78 is 16.7. The van der Waals surface area contributed by atoms with Crippen LogP contribution in [0, 0.1) is 0 Å². The molecule has 0 amide bonds. The first-order valence-electron chi connectivity index (χ1n) is 10.7. The predicted octanol–water partition coefficient (Wildman–Crippen LogP) is 4.42. The van der Waals surface area contributed by atoms with Crippen LogP contribution >= 0.6 is 0 Å². The minimum Gasteiger partial charge on any atom is -0.497 e. The van der Waals surface area contributed by atoms with Gasteiger partial charge in [-0.25, -0.2) is 4.79 Å². The summed E-state index contributed by atoms with van der Waals surface area (Å²) in [7, 11) is 3.16. The summed E-state index contributed by atoms with van der Waals surface area (Å²) >= 11 is 0. The van der Waals surface area contributed by atoms with Gasteiger partial charge in [0, 0.05) is 29.0 Å². The highest BCUT2D eigenvalue weighted by molar-refractivity contribution is 6.04. The highest BCUT2D eigenvalue weighted by atomic mass is 16.5. The van der Waals surface area contributed by atoms with E-state index in [1.165, 1.54) is 0 Å². The molecule has 4 rings (SSSR count). The Labute approximate surface area is 187 Å². The summed E-state index contributed by atoms with van der Waals surface area (Å²) in [6.45, 7) is 2.00. The van der Waals surface area contributed by atoms with Crippen molar-refractivity contribution in [1.29, 1.82) is 0 Å². The van der Waals surface area contributed by atoms with Gasteiger partial charge in [-0.3, -0.25) is 4.79 Å². The quantitative estimate of drug-likeness (QED) is 0.680. The third-order valence-corrected chi connectivity index (χ3v) is 5.96. The standard InChI is InChI=1S/C26H27NO5/c1-16-23(26(29)32-15-17-8-5-4-6-9-17)24(25-20(27-16)10-7-11-21(25)28)19-14-18(30-2)12-13-22(19)31-3/h4-6,8-9,12-14,24,27H,7,10-11,15H2,1-3H3/t24-/m0/s1. The number of rotatable bonds is 6. The number of carbonyl (C=O) groups is 2. The minimum absolute atomic E-state index is 0.0366. The summed E-state index contributed by atoms with van der Waals surface area (Å²) in [5.41, 5.74) is 4.19. The van der Waals surface area contributed by atoms with Gasteiger partial charge in [-0.15, -0.1) is 0 Å². The fourth-order valence-corrected chi connectivity index (χ4v) is 4.43. The molecule has 0 fully saturated rings. The van der Waals surface area contributed by atoms with Gasteiger partial charge in [0.25, 0.3) is 0 Å². The molecule has 6 heteroatoms. The van der Waals surface area contributed by atoms with E-state index in [1.54, 1.807) is 26.4 Å². The van der Waals surface area contributed by atoms with Gasteiger partial charge in [-0.2, -0.15) is 0 Å². The number of Topliss-reactive ketones (excluding diaryl/α,β-unsaturated/α-hetero) is 1. The van der Waals surface area contributed by atoms with Crippen LogP contribution < -0.4 is 14.8 Å². The lowest BCUT2D eigenvalue weighted by atomic mass is 9.75. The molecule has 0 saturated carbocycles. The molecule has 1 aliphatic carbocycles. The molecule has 0 saturated heterocycles. The van der Waals surface area contributed by atoms with Crippen molar-refractivity contribution in [3.05, 3.63) is 82.2 Å². The number of ketones is 1. The van der Waals surface area contributed by atoms with Crippen LogP contribution in [-0.4, -0.2) is 26.0 Å². The Morgan fingerprint density at radius 1 is 1.06 bits per heavy atom. The Morgan fingerprint density at radius 2 is 1.84 bits per heavy atom. The van der Waals surface area contributed by atoms with E-state index in [-0.39, 0.29) is 12.4 Å². The molecule has 0 spiro atoms. The molecule has 0 aromatic heterocycles. The Bertz CT molecular complexity index is 1100. The minimum atomic E-state index is -0.590. The molecule has 2 aliphatic rings. The van der Waals surface area contributed by atoms with E-state index in [4.69, 9.17) is 14.2 Å². The molecule has 0 unspecified atom stereocenters. The normalized spacial score (nSPS) is 18.1. The average molecular weight is 434 g/mol. The van der Waals surface area contributed by atoms with Gasteiger partial charge in [0.05, 0.1) is 25.7 Å². The van der Waals surface area contributed by atoms with E-state index in [9.17, 15) is 9.59 Å². The van der Waals surface area contributed by atoms with Crippen molar-refractivity contribution < 1.29 is 23.8 Å². The fraction of sp³-hybridized carbons (Fsp3) is 0.308. The smallest absolute Gasteiger partial charge is 0.337 e. The van der Waals surface area contributed by atoms with Gasteiger partial charge in [0.15, 0.2) is 5.78 Å². The van der Waals surface area contributed by atoms with Crippen LogP contribution in [0.4, 0.5) is 0 Å². The molecule has 1 atom stereocenters. The number of esters is 1. The van der Waals surface area contributed by atoms with E-state index in [2.05, 4.69) is 5.32 Å². The molecule has 32 heavy (non-hydrogen) atoms. The highest BCUT2D eigenvalue weighted by Gasteiger charge is 2.40. The lowest BCUT2D eigenvalue weighted by Gasteiger charge is -2.34.